The third-order valence-corrected chi connectivity index (χ3v) is 28.4. The second-order valence-corrected chi connectivity index (χ2v) is 45.7. The summed E-state index contributed by atoms with van der Waals surface area (Å²) < 4.78 is 507. The number of phosphoric ester groups is 3. The van der Waals surface area contributed by atoms with Crippen LogP contribution >= 0.6 is 35.2 Å². The van der Waals surface area contributed by atoms with Gasteiger partial charge >= 0.3 is 123 Å². The largest absolute Gasteiger partial charge is 0.481 e. The zero-order chi connectivity index (χ0) is 111. The van der Waals surface area contributed by atoms with Crippen LogP contribution in [0.15, 0.2) is 12.7 Å². The van der Waals surface area contributed by atoms with Crippen LogP contribution in [-0.4, -0.2) is 467 Å². The van der Waals surface area contributed by atoms with Crippen molar-refractivity contribution < 1.29 is 316 Å². The van der Waals surface area contributed by atoms with Crippen LogP contribution in [0.4, 0.5) is 5.82 Å². The lowest BCUT2D eigenvalue weighted by Gasteiger charge is -2.51. The predicted molar refractivity (Wildman–Crippen MR) is 450 cm³/mol. The highest BCUT2D eigenvalue weighted by Crippen LogP contribution is 2.61. The average molecular weight is 2410 g/mol. The van der Waals surface area contributed by atoms with E-state index < -0.39 is 388 Å². The molecule has 0 saturated carbocycles. The van der Waals surface area contributed by atoms with Gasteiger partial charge in [-0.2, -0.15) is 80.1 Å². The van der Waals surface area contributed by atoms with Crippen molar-refractivity contribution in [1.82, 2.24) is 30.2 Å². The van der Waals surface area contributed by atoms with E-state index in [1.807, 2.05) is 0 Å². The molecule has 0 radical (unpaired) electrons. The van der Waals surface area contributed by atoms with Crippen LogP contribution in [0.3, 0.4) is 0 Å². The number of nitrogens with one attached hydrogen (secondary N) is 2. The maximum Gasteiger partial charge on any atom is 0.481 e. The van der Waals surface area contributed by atoms with E-state index in [9.17, 15) is 180 Å². The number of carboxylic acid groups (broad SMARTS) is 1. The normalized spacial score (nSPS) is 32.4. The number of carbonyl (C=O) groups excluding carboxylic acids is 3. The van der Waals surface area contributed by atoms with Crippen molar-refractivity contribution in [3.63, 3.8) is 0 Å². The monoisotopic (exact) mass is 2410 g/mol. The number of hydrogen-bond donors (Lipinski definition) is 19. The second kappa shape index (κ2) is 51.1. The van der Waals surface area contributed by atoms with Gasteiger partial charge in [-0.25, -0.2) is 71.1 Å². The summed E-state index contributed by atoms with van der Waals surface area (Å²) in [6.45, 7) is -7.49. The highest BCUT2D eigenvalue weighted by Gasteiger charge is 2.64. The first-order valence-corrected chi connectivity index (χ1v) is 57.3. The summed E-state index contributed by atoms with van der Waals surface area (Å²) in [6, 6.07) is 0. The molecule has 6 aliphatic rings. The fraction of sp³-hybridized carbons (Fsp3) is 0.842. The van der Waals surface area contributed by atoms with Crippen LogP contribution < -0.4 is 16.4 Å². The number of rotatable bonds is 56. The lowest BCUT2D eigenvalue weighted by molar-refractivity contribution is -0.384. The summed E-state index contributed by atoms with van der Waals surface area (Å²) in [7, 11) is -68.4. The van der Waals surface area contributed by atoms with Gasteiger partial charge in [-0.15, -0.1) is 0 Å². The summed E-state index contributed by atoms with van der Waals surface area (Å²) >= 11 is -0.169. The fourth-order valence-electron chi connectivity index (χ4n) is 14.6. The van der Waals surface area contributed by atoms with Crippen LogP contribution in [0.1, 0.15) is 26.5 Å². The number of nitrogens with zero attached hydrogens (tertiary/aromatic N) is 4. The highest BCUT2D eigenvalue weighted by molar-refractivity contribution is 8.13. The molecule has 0 bridgehead atoms. The quantitative estimate of drug-likeness (QED) is 0.0166. The minimum absolute atomic E-state index is 0.0548. The zero-order valence-electron chi connectivity index (χ0n) is 74.8. The molecule has 2 aromatic heterocycles. The van der Waals surface area contributed by atoms with Gasteiger partial charge in [-0.05, 0) is 0 Å². The molecule has 2 amide bonds. The third kappa shape index (κ3) is 37.8. The van der Waals surface area contributed by atoms with E-state index in [4.69, 9.17) is 107 Å². The molecule has 0 aliphatic carbocycles. The highest BCUT2D eigenvalue weighted by atomic mass is 32.3. The number of anilines is 1. The lowest BCUT2D eigenvalue weighted by Crippen LogP contribution is -2.70. The van der Waals surface area contributed by atoms with Crippen molar-refractivity contribution in [3.05, 3.63) is 12.7 Å². The number of methoxy groups -OCH3 is 6. The molecular formula is C57H94N7O70P3S10. The number of phosphoric acid groups is 3. The number of hydrogen-bond acceptors (Lipinski definition) is 61. The number of nitrogens with two attached hydrogens (primary N) is 1. The Kier molecular flexibility index (Phi) is 44.3. The Bertz CT molecular complexity index is 6140. The first kappa shape index (κ1) is 127. The van der Waals surface area contributed by atoms with Gasteiger partial charge in [0.2, 0.25) is 16.9 Å². The molecule has 77 nitrogen and oxygen atoms in total. The van der Waals surface area contributed by atoms with E-state index in [0.717, 1.165) is 45.3 Å². The summed E-state index contributed by atoms with van der Waals surface area (Å²) in [4.78, 5) is 107. The number of ether oxygens (including phenoxy) is 16. The maximum atomic E-state index is 15.3. The Morgan fingerprint density at radius 2 is 0.837 bits per heavy atom. The Balaban J connectivity index is 1.11. The van der Waals surface area contributed by atoms with Crippen molar-refractivity contribution in [2.45, 2.75) is 204 Å². The summed E-state index contributed by atoms with van der Waals surface area (Å²) in [5.74, 6) is -5.94. The number of aliphatic carboxylic acids is 1. The number of aliphatic hydroxyl groups excluding tert-OH is 2. The van der Waals surface area contributed by atoms with Gasteiger partial charge in [0.25, 0.3) is 0 Å². The van der Waals surface area contributed by atoms with E-state index in [1.165, 1.54) is 0 Å². The average Bonchev–Trinajstić information content (AvgIpc) is 1.05. The molecule has 6 aliphatic heterocycles. The minimum atomic E-state index is -6.54. The van der Waals surface area contributed by atoms with E-state index in [2.05, 4.69) is 55.3 Å². The number of amides is 2. The molecule has 20 N–H and O–H groups in total. The van der Waals surface area contributed by atoms with Gasteiger partial charge in [0, 0.05) is 73.3 Å². The summed E-state index contributed by atoms with van der Waals surface area (Å²) in [5, 5.41) is 35.5. The Morgan fingerprint density at radius 1 is 0.456 bits per heavy atom. The number of imidazole rings is 1. The van der Waals surface area contributed by atoms with Crippen LogP contribution in [0.2, 0.25) is 0 Å². The number of aliphatic hydroxyl groups is 2. The number of nitrogen functional groups attached to an aromatic ring is 1. The fourth-order valence-corrected chi connectivity index (χ4v) is 22.0. The molecule has 8 heterocycles. The van der Waals surface area contributed by atoms with Crippen LogP contribution in [-0.2, 0) is 258 Å². The summed E-state index contributed by atoms with van der Waals surface area (Å²) in [5.41, 5.74) is 3.56. The SMILES string of the molecule is COC1OC(COS(=O)(=O)O)C(OC2OC(C(=O)SCCNC(=O)CCNC(=O)C(O)C(C)(C)COP(=O)(O)OP(=O)(O)OCC3OC(n4cnc5c(N)ncnc54)C(O)C3OP(=O)(O)O)C(OC3OC(COS(=O)(=O)O)C(OC4OC(C(=O)O)C(OC5OC(COS(=O)(=O)O)C(OC)C(OC)C5OS(=O)(=O)O)C(OC)C4OC)C(OS(=O)(=O)O)C3OS(=O)(=O)O)C(OC)C2OS(=O)(=O)O)C(OS(=O)(=O)O)C1OS(=O)(=O)O. The summed E-state index contributed by atoms with van der Waals surface area (Å²) in [6.07, 6.45) is -79.9. The Hall–Kier alpha value is -4.74. The molecule has 852 valence electrons. The smallest absolute Gasteiger partial charge is 0.479 e. The van der Waals surface area contributed by atoms with Crippen molar-refractivity contribution in [2.24, 2.45) is 5.41 Å². The van der Waals surface area contributed by atoms with Crippen molar-refractivity contribution in [3.8, 4) is 0 Å². The molecule has 147 heavy (non-hydrogen) atoms. The topological polar surface area (TPSA) is 1110 Å². The molecule has 32 atom stereocenters. The second-order valence-electron chi connectivity index (χ2n) is 30.8. The van der Waals surface area contributed by atoms with E-state index >= 15 is 4.79 Å². The Morgan fingerprint density at radius 3 is 1.27 bits per heavy atom. The van der Waals surface area contributed by atoms with Gasteiger partial charge in [-0.3, -0.25) is 73.5 Å². The lowest BCUT2D eigenvalue weighted by atomic mass is 9.87. The number of aromatic nitrogens is 4. The van der Waals surface area contributed by atoms with Gasteiger partial charge in [-0.1, -0.05) is 25.6 Å². The molecule has 90 heteroatoms. The molecule has 6 fully saturated rings. The number of fused-ring (bicyclic) bond motifs is 1. The van der Waals surface area contributed by atoms with E-state index in [1.54, 1.807) is 0 Å². The van der Waals surface area contributed by atoms with Gasteiger partial charge in [0.05, 0.1) is 39.4 Å². The minimum Gasteiger partial charge on any atom is -0.479 e. The molecule has 0 aromatic carbocycles. The van der Waals surface area contributed by atoms with Crippen molar-refractivity contribution in [1.29, 1.82) is 0 Å². The van der Waals surface area contributed by atoms with E-state index in [0.29, 0.717) is 28.4 Å². The maximum absolute atomic E-state index is 15.3. The molecule has 0 spiro atoms. The van der Waals surface area contributed by atoms with Crippen LogP contribution in [0, 0.1) is 5.41 Å². The van der Waals surface area contributed by atoms with Crippen molar-refractivity contribution in [2.75, 3.05) is 100 Å². The number of thioether (sulfide) groups is 1. The van der Waals surface area contributed by atoms with Crippen molar-refractivity contribution >= 4 is 169 Å². The standard InChI is InChI=1S/C57H94N7O70P3S10/c1-57(2,17-113-137(77,78)134-136(75,76)112-13-20-27(127-135(72,73)74)26(66)49(117-20)64-19-63-25-46(58)61-18-62-47(25)64)45(67)48(68)60-10-9-24(65)59-11-12-138-51(71)39-35(33(109-6)42(131-145(97,98)99)56(126-39)122-29-22(15-115-140(82,83)84)118-52(111-8)43(132-146(100,101)102)36(29)128-142(88,89)90)124-55-44(133-147(103,104)105)37(129-143(91,92)93)30(23(120-55)16-116-141(85,86)87)121-53-40(110-7)32(108-5)34(38(125-53)50(69)70)123-54-41(130-144(94,95)96)31(107-4)28(106-3)21(119-54)14-114-139(79,80)81/h18-23,26-45,49,52-56,66-67H,9-17H2,1-8H3,(H,59,65)(H,60,68)(H,69,70)(H,75,76)(H,77,78)(H2,58,61,62)(H2,72,73,74)(H,79,80,81)(H,82,83,84)(H,85,86,87)(H,88,89,90)(H,91,92,93)(H,94,95,96)(H,97,98,99)(H,100,101,102)(H,103,104,105). The van der Waals surface area contributed by atoms with Crippen LogP contribution in [0.25, 0.3) is 11.2 Å². The van der Waals surface area contributed by atoms with Crippen LogP contribution in [0.5, 0.6) is 0 Å². The third-order valence-electron chi connectivity index (χ3n) is 20.3. The number of carbonyl (C=O) groups is 4. The molecule has 8 rings (SSSR count). The molecule has 6 saturated heterocycles. The Labute approximate surface area is 832 Å². The van der Waals surface area contributed by atoms with Gasteiger partial charge < -0.3 is 127 Å². The molecule has 32 unspecified atom stereocenters. The first-order valence-electron chi connectivity index (χ1n) is 39.5. The van der Waals surface area contributed by atoms with E-state index in [-0.39, 0.29) is 28.7 Å². The van der Waals surface area contributed by atoms with Gasteiger partial charge in [0.15, 0.2) is 85.8 Å². The van der Waals surface area contributed by atoms with Gasteiger partial charge in [0.1, 0.15) is 122 Å². The first-order chi connectivity index (χ1) is 67.3. The molecular weight excluding hydrogens is 2320 g/mol. The zero-order valence-corrected chi connectivity index (χ0v) is 85.7. The number of carboxylic acids is 1. The molecule has 2 aromatic rings. The predicted octanol–water partition coefficient (Wildman–Crippen LogP) is -10.8.